The van der Waals surface area contributed by atoms with E-state index >= 15 is 0 Å². The Bertz CT molecular complexity index is 573. The molecule has 1 heteroatoms. The molecular formula is C16H17N. The standard InChI is InChI=1S/C16H17N/c1-2-6-15-12(4-1)7-8-13-11-17-9-3-5-14(17)10-16(13)15/h1-2,4,6-8,14H,3,5,9-11H2. The van der Waals surface area contributed by atoms with Crippen LogP contribution in [0.5, 0.6) is 0 Å². The third kappa shape index (κ3) is 1.42. The van der Waals surface area contributed by atoms with Gasteiger partial charge in [0, 0.05) is 12.6 Å². The second-order valence-corrected chi connectivity index (χ2v) is 5.40. The number of benzene rings is 2. The van der Waals surface area contributed by atoms with Gasteiger partial charge in [-0.25, -0.2) is 0 Å². The van der Waals surface area contributed by atoms with E-state index in [0.29, 0.717) is 0 Å². The fraction of sp³-hybridized carbons (Fsp3) is 0.375. The molecule has 2 aliphatic heterocycles. The molecule has 0 saturated carbocycles. The minimum atomic E-state index is 0.813. The number of rotatable bonds is 0. The van der Waals surface area contributed by atoms with Crippen LogP contribution in [0.1, 0.15) is 24.0 Å². The van der Waals surface area contributed by atoms with Gasteiger partial charge < -0.3 is 0 Å². The van der Waals surface area contributed by atoms with Crippen LogP contribution in [0.4, 0.5) is 0 Å². The van der Waals surface area contributed by atoms with Crippen LogP contribution in [-0.2, 0) is 13.0 Å². The summed E-state index contributed by atoms with van der Waals surface area (Å²) in [6.45, 7) is 2.47. The Morgan fingerprint density at radius 3 is 3.00 bits per heavy atom. The maximum absolute atomic E-state index is 2.66. The molecule has 0 aromatic heterocycles. The highest BCUT2D eigenvalue weighted by Gasteiger charge is 2.30. The van der Waals surface area contributed by atoms with Crippen LogP contribution in [0.3, 0.4) is 0 Å². The van der Waals surface area contributed by atoms with Gasteiger partial charge in [-0.2, -0.15) is 0 Å². The molecule has 0 amide bonds. The van der Waals surface area contributed by atoms with Gasteiger partial charge in [0.15, 0.2) is 0 Å². The lowest BCUT2D eigenvalue weighted by Crippen LogP contribution is -2.35. The van der Waals surface area contributed by atoms with E-state index < -0.39 is 0 Å². The summed E-state index contributed by atoms with van der Waals surface area (Å²) in [5.74, 6) is 0. The van der Waals surface area contributed by atoms with Gasteiger partial charge in [0.2, 0.25) is 0 Å². The Labute approximate surface area is 102 Å². The molecule has 0 bridgehead atoms. The first-order valence-corrected chi connectivity index (χ1v) is 6.65. The summed E-state index contributed by atoms with van der Waals surface area (Å²) in [7, 11) is 0. The van der Waals surface area contributed by atoms with Crippen molar-refractivity contribution in [3.8, 4) is 0 Å². The summed E-state index contributed by atoms with van der Waals surface area (Å²) < 4.78 is 0. The Morgan fingerprint density at radius 2 is 2.00 bits per heavy atom. The molecule has 2 aromatic carbocycles. The molecule has 0 N–H and O–H groups in total. The summed E-state index contributed by atoms with van der Waals surface area (Å²) in [6.07, 6.45) is 4.04. The van der Waals surface area contributed by atoms with Crippen LogP contribution in [0.15, 0.2) is 36.4 Å². The van der Waals surface area contributed by atoms with E-state index in [2.05, 4.69) is 41.3 Å². The fourth-order valence-electron chi connectivity index (χ4n) is 3.56. The van der Waals surface area contributed by atoms with Crippen molar-refractivity contribution in [2.45, 2.75) is 31.8 Å². The van der Waals surface area contributed by atoms with E-state index in [0.717, 1.165) is 6.04 Å². The molecule has 0 aliphatic carbocycles. The third-order valence-electron chi connectivity index (χ3n) is 4.45. The molecule has 86 valence electrons. The lowest BCUT2D eigenvalue weighted by molar-refractivity contribution is 0.228. The zero-order valence-corrected chi connectivity index (χ0v) is 10.0. The quantitative estimate of drug-likeness (QED) is 0.662. The number of fused-ring (bicyclic) bond motifs is 4. The molecule has 1 nitrogen and oxygen atoms in total. The van der Waals surface area contributed by atoms with E-state index in [1.807, 2.05) is 0 Å². The van der Waals surface area contributed by atoms with Crippen LogP contribution in [0.25, 0.3) is 10.8 Å². The largest absolute Gasteiger partial charge is 0.296 e. The SMILES string of the molecule is c1ccc2c3c(ccc2c1)CN1CCCC1C3. The fourth-order valence-corrected chi connectivity index (χ4v) is 3.56. The first kappa shape index (κ1) is 9.67. The van der Waals surface area contributed by atoms with Crippen molar-refractivity contribution in [3.05, 3.63) is 47.5 Å². The topological polar surface area (TPSA) is 3.24 Å². The van der Waals surface area contributed by atoms with Crippen molar-refractivity contribution in [1.82, 2.24) is 4.90 Å². The van der Waals surface area contributed by atoms with E-state index in [1.54, 1.807) is 11.1 Å². The molecule has 1 fully saturated rings. The summed E-state index contributed by atoms with van der Waals surface area (Å²) in [5.41, 5.74) is 3.17. The average Bonchev–Trinajstić information content (AvgIpc) is 2.83. The lowest BCUT2D eigenvalue weighted by Gasteiger charge is -2.32. The second kappa shape index (κ2) is 3.58. The maximum atomic E-state index is 2.66. The highest BCUT2D eigenvalue weighted by atomic mass is 15.2. The molecule has 0 radical (unpaired) electrons. The van der Waals surface area contributed by atoms with E-state index in [1.165, 1.54) is 43.1 Å². The normalized spacial score (nSPS) is 23.6. The molecule has 1 saturated heterocycles. The van der Waals surface area contributed by atoms with Gasteiger partial charge >= 0.3 is 0 Å². The summed E-state index contributed by atoms with van der Waals surface area (Å²) in [4.78, 5) is 2.66. The van der Waals surface area contributed by atoms with Crippen molar-refractivity contribution in [3.63, 3.8) is 0 Å². The predicted octanol–water partition coefficient (Wildman–Crippen LogP) is 3.36. The van der Waals surface area contributed by atoms with Gasteiger partial charge in [-0.05, 0) is 47.7 Å². The zero-order chi connectivity index (χ0) is 11.2. The molecule has 0 spiro atoms. The van der Waals surface area contributed by atoms with E-state index in [9.17, 15) is 0 Å². The summed E-state index contributed by atoms with van der Waals surface area (Å²) in [5, 5.41) is 2.88. The molecule has 1 atom stereocenters. The molecule has 2 heterocycles. The molecular weight excluding hydrogens is 206 g/mol. The maximum Gasteiger partial charge on any atom is 0.0239 e. The van der Waals surface area contributed by atoms with Gasteiger partial charge in [-0.3, -0.25) is 4.90 Å². The van der Waals surface area contributed by atoms with E-state index in [4.69, 9.17) is 0 Å². The van der Waals surface area contributed by atoms with Crippen molar-refractivity contribution in [2.24, 2.45) is 0 Å². The molecule has 1 unspecified atom stereocenters. The Kier molecular flexibility index (Phi) is 2.03. The van der Waals surface area contributed by atoms with Gasteiger partial charge in [-0.1, -0.05) is 36.4 Å². The molecule has 2 aromatic rings. The second-order valence-electron chi connectivity index (χ2n) is 5.40. The van der Waals surface area contributed by atoms with Gasteiger partial charge in [0.25, 0.3) is 0 Å². The van der Waals surface area contributed by atoms with Crippen molar-refractivity contribution in [1.29, 1.82) is 0 Å². The van der Waals surface area contributed by atoms with Crippen LogP contribution < -0.4 is 0 Å². The first-order chi connectivity index (χ1) is 8.42. The lowest BCUT2D eigenvalue weighted by atomic mass is 9.90. The monoisotopic (exact) mass is 223 g/mol. The number of nitrogens with zero attached hydrogens (tertiary/aromatic N) is 1. The molecule has 17 heavy (non-hydrogen) atoms. The molecule has 2 aliphatic rings. The van der Waals surface area contributed by atoms with Gasteiger partial charge in [0.05, 0.1) is 0 Å². The van der Waals surface area contributed by atoms with Crippen LogP contribution >= 0.6 is 0 Å². The zero-order valence-electron chi connectivity index (χ0n) is 10.0. The highest BCUT2D eigenvalue weighted by molar-refractivity contribution is 5.87. The number of hydrogen-bond acceptors (Lipinski definition) is 1. The van der Waals surface area contributed by atoms with Crippen molar-refractivity contribution < 1.29 is 0 Å². The number of hydrogen-bond donors (Lipinski definition) is 0. The van der Waals surface area contributed by atoms with Crippen molar-refractivity contribution in [2.75, 3.05) is 6.54 Å². The van der Waals surface area contributed by atoms with Crippen LogP contribution in [0.2, 0.25) is 0 Å². The van der Waals surface area contributed by atoms with E-state index in [-0.39, 0.29) is 0 Å². The predicted molar refractivity (Wildman–Crippen MR) is 71.1 cm³/mol. The Morgan fingerprint density at radius 1 is 1.06 bits per heavy atom. The van der Waals surface area contributed by atoms with Crippen LogP contribution in [-0.4, -0.2) is 17.5 Å². The van der Waals surface area contributed by atoms with Crippen molar-refractivity contribution >= 4 is 10.8 Å². The highest BCUT2D eigenvalue weighted by Crippen LogP contribution is 2.34. The van der Waals surface area contributed by atoms with Gasteiger partial charge in [0.1, 0.15) is 0 Å². The third-order valence-corrected chi connectivity index (χ3v) is 4.45. The van der Waals surface area contributed by atoms with Crippen LogP contribution in [0, 0.1) is 0 Å². The Hall–Kier alpha value is -1.34. The molecule has 4 rings (SSSR count). The van der Waals surface area contributed by atoms with Gasteiger partial charge in [-0.15, -0.1) is 0 Å². The minimum Gasteiger partial charge on any atom is -0.296 e. The Balaban J connectivity index is 1.91. The summed E-state index contributed by atoms with van der Waals surface area (Å²) >= 11 is 0. The smallest absolute Gasteiger partial charge is 0.0239 e. The average molecular weight is 223 g/mol. The summed E-state index contributed by atoms with van der Waals surface area (Å²) in [6, 6.07) is 14.3. The minimum absolute atomic E-state index is 0.813. The first-order valence-electron chi connectivity index (χ1n) is 6.65.